The van der Waals surface area contributed by atoms with Gasteiger partial charge in [-0.3, -0.25) is 9.59 Å². The molecule has 4 aromatic rings. The number of hydrogen-bond acceptors (Lipinski definition) is 4. The molecule has 0 aliphatic carbocycles. The van der Waals surface area contributed by atoms with Crippen LogP contribution in [0.2, 0.25) is 0 Å². The van der Waals surface area contributed by atoms with Crippen molar-refractivity contribution in [1.29, 1.82) is 0 Å². The molecule has 0 saturated carbocycles. The van der Waals surface area contributed by atoms with Crippen molar-refractivity contribution in [1.82, 2.24) is 9.55 Å². The van der Waals surface area contributed by atoms with Gasteiger partial charge < -0.3 is 15.2 Å². The number of anilines is 2. The molecule has 0 saturated heterocycles. The van der Waals surface area contributed by atoms with Crippen molar-refractivity contribution in [2.45, 2.75) is 26.8 Å². The van der Waals surface area contributed by atoms with Crippen LogP contribution in [-0.4, -0.2) is 21.4 Å². The molecule has 0 spiro atoms. The molecule has 7 heteroatoms. The first kappa shape index (κ1) is 19.8. The lowest BCUT2D eigenvalue weighted by molar-refractivity contribution is -0.114. The highest BCUT2D eigenvalue weighted by atomic mass is 32.1. The van der Waals surface area contributed by atoms with E-state index < -0.39 is 0 Å². The summed E-state index contributed by atoms with van der Waals surface area (Å²) < 4.78 is 2.26. The van der Waals surface area contributed by atoms with E-state index in [0.29, 0.717) is 17.1 Å². The highest BCUT2D eigenvalue weighted by molar-refractivity contribution is 7.13. The van der Waals surface area contributed by atoms with Gasteiger partial charge in [0.1, 0.15) is 10.7 Å². The molecule has 0 aliphatic heterocycles. The summed E-state index contributed by atoms with van der Waals surface area (Å²) in [5, 5.41) is 9.31. The van der Waals surface area contributed by atoms with E-state index in [1.54, 1.807) is 29.6 Å². The van der Waals surface area contributed by atoms with E-state index in [0.717, 1.165) is 29.1 Å². The Bertz CT molecular complexity index is 1220. The van der Waals surface area contributed by atoms with Gasteiger partial charge in [0, 0.05) is 41.1 Å². The molecule has 0 aliphatic rings. The van der Waals surface area contributed by atoms with Gasteiger partial charge in [0.2, 0.25) is 5.91 Å². The van der Waals surface area contributed by atoms with Crippen molar-refractivity contribution in [3.63, 3.8) is 0 Å². The molecule has 2 N–H and O–H groups in total. The van der Waals surface area contributed by atoms with E-state index in [1.165, 1.54) is 23.8 Å². The second-order valence-electron chi connectivity index (χ2n) is 6.99. The Morgan fingerprint density at radius 1 is 1.03 bits per heavy atom. The monoisotopic (exact) mass is 418 g/mol. The number of nitrogens with one attached hydrogen (secondary N) is 2. The fourth-order valence-electron chi connectivity index (χ4n) is 3.42. The summed E-state index contributed by atoms with van der Waals surface area (Å²) in [4.78, 5) is 28.6. The number of nitrogens with zero attached hydrogens (tertiary/aromatic N) is 2. The van der Waals surface area contributed by atoms with Gasteiger partial charge in [0.25, 0.3) is 5.91 Å². The van der Waals surface area contributed by atoms with Gasteiger partial charge >= 0.3 is 0 Å². The third-order valence-electron chi connectivity index (χ3n) is 4.65. The third-order valence-corrected chi connectivity index (χ3v) is 5.52. The molecular weight excluding hydrogens is 396 g/mol. The number of carbonyl (C=O) groups excluding carboxylic acids is 2. The lowest BCUT2D eigenvalue weighted by Gasteiger charge is -2.07. The zero-order chi connectivity index (χ0) is 21.1. The highest BCUT2D eigenvalue weighted by Gasteiger charge is 2.16. The number of thiazole rings is 1. The number of para-hydroxylation sites is 1. The van der Waals surface area contributed by atoms with Gasteiger partial charge in [-0.1, -0.05) is 31.2 Å². The second kappa shape index (κ2) is 8.51. The van der Waals surface area contributed by atoms with Gasteiger partial charge in [-0.2, -0.15) is 0 Å². The van der Waals surface area contributed by atoms with Crippen LogP contribution in [-0.2, 0) is 11.3 Å². The average molecular weight is 419 g/mol. The molecule has 2 aromatic carbocycles. The van der Waals surface area contributed by atoms with E-state index in [-0.39, 0.29) is 11.8 Å². The van der Waals surface area contributed by atoms with E-state index in [2.05, 4.69) is 45.3 Å². The molecule has 152 valence electrons. The summed E-state index contributed by atoms with van der Waals surface area (Å²) in [5.41, 5.74) is 3.79. The van der Waals surface area contributed by atoms with Crippen molar-refractivity contribution in [2.75, 3.05) is 10.6 Å². The first-order valence-electron chi connectivity index (χ1n) is 9.78. The third kappa shape index (κ3) is 4.11. The molecule has 2 aromatic heterocycles. The Hall–Kier alpha value is -3.45. The normalized spacial score (nSPS) is 10.9. The van der Waals surface area contributed by atoms with Crippen molar-refractivity contribution in [3.05, 3.63) is 65.7 Å². The lowest BCUT2D eigenvalue weighted by atomic mass is 10.2. The Labute approximate surface area is 178 Å². The number of fused-ring (bicyclic) bond motifs is 1. The summed E-state index contributed by atoms with van der Waals surface area (Å²) in [6.45, 7) is 4.48. The molecule has 0 atom stereocenters. The first-order valence-corrected chi connectivity index (χ1v) is 10.7. The van der Waals surface area contributed by atoms with Crippen LogP contribution in [0.4, 0.5) is 11.4 Å². The van der Waals surface area contributed by atoms with Crippen molar-refractivity contribution >= 4 is 45.4 Å². The molecule has 0 unspecified atom stereocenters. The largest absolute Gasteiger partial charge is 0.339 e. The molecule has 2 amide bonds. The summed E-state index contributed by atoms with van der Waals surface area (Å²) in [6, 6.07) is 17.4. The zero-order valence-electron chi connectivity index (χ0n) is 16.8. The maximum atomic E-state index is 12.7. The van der Waals surface area contributed by atoms with Crippen LogP contribution in [0.15, 0.2) is 60.0 Å². The summed E-state index contributed by atoms with van der Waals surface area (Å²) >= 11 is 1.46. The van der Waals surface area contributed by atoms with Gasteiger partial charge in [0.05, 0.1) is 5.69 Å². The standard InChI is InChI=1S/C23H22N4O2S/c1-3-11-27-20-10-5-4-7-16(20)12-21(27)23-26-19(14-30-23)22(29)25-18-9-6-8-17(13-18)24-15(2)28/h4-10,12-14H,3,11H2,1-2H3,(H,24,28)(H,25,29). The molecule has 0 bridgehead atoms. The zero-order valence-corrected chi connectivity index (χ0v) is 17.6. The summed E-state index contributed by atoms with van der Waals surface area (Å²) in [5.74, 6) is -0.444. The maximum Gasteiger partial charge on any atom is 0.275 e. The average Bonchev–Trinajstić information content (AvgIpc) is 3.33. The number of aromatic nitrogens is 2. The predicted molar refractivity (Wildman–Crippen MR) is 122 cm³/mol. The van der Waals surface area contributed by atoms with Crippen molar-refractivity contribution < 1.29 is 9.59 Å². The Kier molecular flexibility index (Phi) is 5.63. The molecule has 30 heavy (non-hydrogen) atoms. The van der Waals surface area contributed by atoms with Crippen LogP contribution in [0.5, 0.6) is 0 Å². The minimum Gasteiger partial charge on any atom is -0.339 e. The first-order chi connectivity index (χ1) is 14.5. The van der Waals surface area contributed by atoms with Crippen LogP contribution in [0, 0.1) is 0 Å². The van der Waals surface area contributed by atoms with Gasteiger partial charge in [0.15, 0.2) is 0 Å². The molecule has 6 nitrogen and oxygen atoms in total. The topological polar surface area (TPSA) is 76.0 Å². The number of carbonyl (C=O) groups is 2. The lowest BCUT2D eigenvalue weighted by Crippen LogP contribution is -2.13. The Balaban J connectivity index is 1.59. The van der Waals surface area contributed by atoms with Gasteiger partial charge in [-0.05, 0) is 36.8 Å². The fraction of sp³-hybridized carbons (Fsp3) is 0.174. The minimum atomic E-state index is -0.282. The van der Waals surface area contributed by atoms with E-state index >= 15 is 0 Å². The number of hydrogen-bond donors (Lipinski definition) is 2. The molecule has 2 heterocycles. The molecular formula is C23H22N4O2S. The fourth-order valence-corrected chi connectivity index (χ4v) is 4.24. The number of aryl methyl sites for hydroxylation is 1. The molecule has 4 rings (SSSR count). The quantitative estimate of drug-likeness (QED) is 0.441. The van der Waals surface area contributed by atoms with E-state index in [9.17, 15) is 9.59 Å². The number of rotatable bonds is 6. The van der Waals surface area contributed by atoms with Crippen molar-refractivity contribution in [3.8, 4) is 10.7 Å². The SMILES string of the molecule is CCCn1c(-c2nc(C(=O)Nc3cccc(NC(C)=O)c3)cs2)cc2ccccc21. The molecule has 0 radical (unpaired) electrons. The molecule has 0 fully saturated rings. The van der Waals surface area contributed by atoms with Crippen LogP contribution in [0.25, 0.3) is 21.6 Å². The van der Waals surface area contributed by atoms with E-state index in [1.807, 2.05) is 12.1 Å². The Morgan fingerprint density at radius 2 is 1.80 bits per heavy atom. The van der Waals surface area contributed by atoms with Gasteiger partial charge in [-0.15, -0.1) is 11.3 Å². The van der Waals surface area contributed by atoms with Crippen LogP contribution in [0.1, 0.15) is 30.8 Å². The smallest absolute Gasteiger partial charge is 0.275 e. The summed E-state index contributed by atoms with van der Waals surface area (Å²) in [6.07, 6.45) is 1.01. The number of amides is 2. The van der Waals surface area contributed by atoms with Crippen molar-refractivity contribution in [2.24, 2.45) is 0 Å². The maximum absolute atomic E-state index is 12.7. The van der Waals surface area contributed by atoms with Crippen LogP contribution < -0.4 is 10.6 Å². The van der Waals surface area contributed by atoms with E-state index in [4.69, 9.17) is 0 Å². The van der Waals surface area contributed by atoms with Gasteiger partial charge in [-0.25, -0.2) is 4.98 Å². The minimum absolute atomic E-state index is 0.162. The summed E-state index contributed by atoms with van der Waals surface area (Å²) in [7, 11) is 0. The Morgan fingerprint density at radius 3 is 2.57 bits per heavy atom. The predicted octanol–water partition coefficient (Wildman–Crippen LogP) is 5.39. The second-order valence-corrected chi connectivity index (χ2v) is 7.85. The number of benzene rings is 2. The van der Waals surface area contributed by atoms with Crippen LogP contribution >= 0.6 is 11.3 Å². The van der Waals surface area contributed by atoms with Crippen LogP contribution in [0.3, 0.4) is 0 Å². The highest BCUT2D eigenvalue weighted by Crippen LogP contribution is 2.31.